The molecule has 1 aliphatic heterocycles. The monoisotopic (exact) mass is 228 g/mol. The number of nitrogens with zero attached hydrogens (tertiary/aromatic N) is 2. The van der Waals surface area contributed by atoms with Gasteiger partial charge in [-0.2, -0.15) is 0 Å². The predicted octanol–water partition coefficient (Wildman–Crippen LogP) is 1.12. The average molecular weight is 228 g/mol. The van der Waals surface area contributed by atoms with Gasteiger partial charge in [-0.25, -0.2) is 0 Å². The Bertz CT molecular complexity index is 253. The third kappa shape index (κ3) is 3.46. The van der Waals surface area contributed by atoms with Crippen molar-refractivity contribution in [3.8, 4) is 0 Å². The fraction of sp³-hybridized carbons (Fsp3) is 0.917. The van der Waals surface area contributed by atoms with Gasteiger partial charge in [0.15, 0.2) is 0 Å². The second-order valence-corrected chi connectivity index (χ2v) is 5.66. The molecule has 0 bridgehead atoms. The number of likely N-dealkylation sites (tertiary alicyclic amines) is 1. The van der Waals surface area contributed by atoms with E-state index < -0.39 is 11.4 Å². The lowest BCUT2D eigenvalue weighted by atomic mass is 9.92. The minimum absolute atomic E-state index is 0.498. The third-order valence-electron chi connectivity index (χ3n) is 3.45. The predicted molar refractivity (Wildman–Crippen MR) is 64.6 cm³/mol. The molecule has 94 valence electrons. The van der Waals surface area contributed by atoms with Crippen LogP contribution in [0.1, 0.15) is 26.7 Å². The highest BCUT2D eigenvalue weighted by atomic mass is 16.4. The maximum Gasteiger partial charge on any atom is 0.310 e. The van der Waals surface area contributed by atoms with Gasteiger partial charge in [0.2, 0.25) is 0 Å². The van der Waals surface area contributed by atoms with Crippen LogP contribution in [0.25, 0.3) is 0 Å². The highest BCUT2D eigenvalue weighted by molar-refractivity contribution is 5.73. The van der Waals surface area contributed by atoms with Crippen molar-refractivity contribution in [1.82, 2.24) is 9.80 Å². The molecule has 0 saturated carbocycles. The minimum atomic E-state index is -0.719. The van der Waals surface area contributed by atoms with E-state index in [9.17, 15) is 4.79 Å². The van der Waals surface area contributed by atoms with Crippen molar-refractivity contribution in [3.63, 3.8) is 0 Å². The van der Waals surface area contributed by atoms with E-state index in [1.165, 1.54) is 12.8 Å². The van der Waals surface area contributed by atoms with E-state index in [1.54, 1.807) is 13.8 Å². The first-order valence-corrected chi connectivity index (χ1v) is 5.95. The second kappa shape index (κ2) is 5.15. The summed E-state index contributed by atoms with van der Waals surface area (Å²) >= 11 is 0. The Hall–Kier alpha value is -0.610. The van der Waals surface area contributed by atoms with Crippen LogP contribution in [0.5, 0.6) is 0 Å². The van der Waals surface area contributed by atoms with Crippen LogP contribution in [0.3, 0.4) is 0 Å². The number of carboxylic acid groups (broad SMARTS) is 1. The quantitative estimate of drug-likeness (QED) is 0.783. The summed E-state index contributed by atoms with van der Waals surface area (Å²) in [7, 11) is 4.16. The molecule has 4 heteroatoms. The van der Waals surface area contributed by atoms with Crippen molar-refractivity contribution in [3.05, 3.63) is 0 Å². The largest absolute Gasteiger partial charge is 0.481 e. The maximum atomic E-state index is 11.1. The zero-order valence-corrected chi connectivity index (χ0v) is 10.9. The van der Waals surface area contributed by atoms with Crippen molar-refractivity contribution in [2.24, 2.45) is 5.41 Å². The Kier molecular flexibility index (Phi) is 4.33. The summed E-state index contributed by atoms with van der Waals surface area (Å²) in [6.07, 6.45) is 2.38. The number of hydrogen-bond donors (Lipinski definition) is 1. The van der Waals surface area contributed by atoms with E-state index in [4.69, 9.17) is 5.11 Å². The van der Waals surface area contributed by atoms with Crippen molar-refractivity contribution in [2.75, 3.05) is 33.7 Å². The van der Waals surface area contributed by atoms with Gasteiger partial charge < -0.3 is 14.9 Å². The van der Waals surface area contributed by atoms with Crippen LogP contribution in [0, 0.1) is 5.41 Å². The van der Waals surface area contributed by atoms with Crippen molar-refractivity contribution < 1.29 is 9.90 Å². The Morgan fingerprint density at radius 1 is 1.56 bits per heavy atom. The van der Waals surface area contributed by atoms with E-state index in [-0.39, 0.29) is 0 Å². The van der Waals surface area contributed by atoms with Gasteiger partial charge in [-0.05, 0) is 47.3 Å². The van der Waals surface area contributed by atoms with Crippen LogP contribution in [0.4, 0.5) is 0 Å². The van der Waals surface area contributed by atoms with E-state index in [0.717, 1.165) is 13.1 Å². The molecule has 4 nitrogen and oxygen atoms in total. The van der Waals surface area contributed by atoms with Crippen LogP contribution in [-0.4, -0.2) is 60.6 Å². The lowest BCUT2D eigenvalue weighted by molar-refractivity contribution is -0.148. The smallest absolute Gasteiger partial charge is 0.310 e. The average Bonchev–Trinajstić information content (AvgIpc) is 2.16. The number of aliphatic carboxylic acids is 1. The van der Waals surface area contributed by atoms with Crippen molar-refractivity contribution in [1.29, 1.82) is 0 Å². The molecule has 16 heavy (non-hydrogen) atoms. The highest BCUT2D eigenvalue weighted by Crippen LogP contribution is 2.21. The number of hydrogen-bond acceptors (Lipinski definition) is 3. The summed E-state index contributed by atoms with van der Waals surface area (Å²) in [6.45, 7) is 6.40. The Balaban J connectivity index is 2.51. The summed E-state index contributed by atoms with van der Waals surface area (Å²) in [4.78, 5) is 15.6. The molecule has 1 aliphatic rings. The molecule has 1 N–H and O–H groups in total. The van der Waals surface area contributed by atoms with Gasteiger partial charge in [-0.3, -0.25) is 4.79 Å². The van der Waals surface area contributed by atoms with Gasteiger partial charge in [0.1, 0.15) is 0 Å². The number of rotatable bonds is 4. The molecule has 0 spiro atoms. The summed E-state index contributed by atoms with van der Waals surface area (Å²) in [5, 5.41) is 9.10. The molecule has 1 saturated heterocycles. The van der Waals surface area contributed by atoms with Crippen molar-refractivity contribution >= 4 is 5.97 Å². The van der Waals surface area contributed by atoms with Crippen LogP contribution in [0.15, 0.2) is 0 Å². The summed E-state index contributed by atoms with van der Waals surface area (Å²) in [6, 6.07) is 0.498. The van der Waals surface area contributed by atoms with Gasteiger partial charge in [-0.1, -0.05) is 0 Å². The molecule has 1 heterocycles. The SMILES string of the molecule is CN1CCCC(N(C)CC(C)(C)C(=O)O)C1. The first-order valence-electron chi connectivity index (χ1n) is 5.95. The molecule has 0 radical (unpaired) electrons. The minimum Gasteiger partial charge on any atom is -0.481 e. The van der Waals surface area contributed by atoms with E-state index in [2.05, 4.69) is 16.8 Å². The third-order valence-corrected chi connectivity index (χ3v) is 3.45. The molecule has 1 fully saturated rings. The first-order chi connectivity index (χ1) is 7.33. The highest BCUT2D eigenvalue weighted by Gasteiger charge is 2.31. The molecule has 1 rings (SSSR count). The molecule has 1 unspecified atom stereocenters. The van der Waals surface area contributed by atoms with Gasteiger partial charge >= 0.3 is 5.97 Å². The number of likely N-dealkylation sites (N-methyl/N-ethyl adjacent to an activating group) is 2. The molecule has 0 aromatic carbocycles. The molecule has 0 aliphatic carbocycles. The fourth-order valence-electron chi connectivity index (χ4n) is 2.32. The zero-order chi connectivity index (χ0) is 12.3. The van der Waals surface area contributed by atoms with Crippen LogP contribution in [0.2, 0.25) is 0 Å². The normalized spacial score (nSPS) is 23.7. The lowest BCUT2D eigenvalue weighted by Gasteiger charge is -2.38. The molecule has 0 aromatic heterocycles. The number of carbonyl (C=O) groups is 1. The summed E-state index contributed by atoms with van der Waals surface area (Å²) in [5.41, 5.74) is -0.662. The van der Waals surface area contributed by atoms with Gasteiger partial charge in [0, 0.05) is 19.1 Å². The van der Waals surface area contributed by atoms with E-state index in [0.29, 0.717) is 12.6 Å². The Morgan fingerprint density at radius 3 is 2.69 bits per heavy atom. The molecule has 0 amide bonds. The molecular formula is C12H24N2O2. The van der Waals surface area contributed by atoms with Crippen LogP contribution in [-0.2, 0) is 4.79 Å². The molecular weight excluding hydrogens is 204 g/mol. The van der Waals surface area contributed by atoms with Gasteiger partial charge in [0.25, 0.3) is 0 Å². The van der Waals surface area contributed by atoms with E-state index >= 15 is 0 Å². The van der Waals surface area contributed by atoms with Gasteiger partial charge in [-0.15, -0.1) is 0 Å². The molecule has 1 atom stereocenters. The Labute approximate surface area is 98.2 Å². The van der Waals surface area contributed by atoms with Crippen molar-refractivity contribution in [2.45, 2.75) is 32.7 Å². The zero-order valence-electron chi connectivity index (χ0n) is 10.9. The maximum absolute atomic E-state index is 11.1. The summed E-state index contributed by atoms with van der Waals surface area (Å²) in [5.74, 6) is -0.719. The number of carboxylic acids is 1. The summed E-state index contributed by atoms with van der Waals surface area (Å²) < 4.78 is 0. The fourth-order valence-corrected chi connectivity index (χ4v) is 2.32. The Morgan fingerprint density at radius 2 is 2.19 bits per heavy atom. The first kappa shape index (κ1) is 13.5. The number of piperidine rings is 1. The van der Waals surface area contributed by atoms with Crippen LogP contribution < -0.4 is 0 Å². The van der Waals surface area contributed by atoms with E-state index in [1.807, 2.05) is 7.05 Å². The molecule has 0 aromatic rings. The second-order valence-electron chi connectivity index (χ2n) is 5.66. The van der Waals surface area contributed by atoms with Gasteiger partial charge in [0.05, 0.1) is 5.41 Å². The topological polar surface area (TPSA) is 43.8 Å². The lowest BCUT2D eigenvalue weighted by Crippen LogP contribution is -2.49. The standard InChI is InChI=1S/C12H24N2O2/c1-12(2,11(15)16)9-14(4)10-6-5-7-13(3)8-10/h10H,5-9H2,1-4H3,(H,15,16). The van der Waals surface area contributed by atoms with Crippen LogP contribution >= 0.6 is 0 Å².